The topological polar surface area (TPSA) is 70.8 Å². The second-order valence-electron chi connectivity index (χ2n) is 4.42. The second kappa shape index (κ2) is 9.33. The molecule has 0 aliphatic heterocycles. The number of terminal acetylenes is 2. The van der Waals surface area contributed by atoms with E-state index in [-0.39, 0.29) is 13.2 Å². The van der Waals surface area contributed by atoms with Gasteiger partial charge in [0.1, 0.15) is 19.3 Å². The maximum absolute atomic E-state index is 11.3. The normalized spacial score (nSPS) is 11.0. The number of hydrogen-bond donors (Lipinski definition) is 1. The van der Waals surface area contributed by atoms with E-state index in [0.29, 0.717) is 24.3 Å². The first-order valence-electron chi connectivity index (χ1n) is 6.70. The quantitative estimate of drug-likeness (QED) is 0.694. The van der Waals surface area contributed by atoms with Gasteiger partial charge in [0.05, 0.1) is 7.11 Å². The number of hydrogen-bond acceptors (Lipinski definition) is 4. The van der Waals surface area contributed by atoms with Gasteiger partial charge in [-0.15, -0.1) is 12.8 Å². The third kappa shape index (κ3) is 5.40. The maximum atomic E-state index is 11.3. The minimum atomic E-state index is -0.709. The standard InChI is InChI=1S/C17H19NO4/c1-4-10-21-14-8-6-13(12-16(14)20-3)7-9-15(17(18)19)22-11-5-2/h1-2,6,8,12,15H,7,9-11H2,3H3,(H2,18,19). The van der Waals surface area contributed by atoms with Gasteiger partial charge in [0.15, 0.2) is 11.5 Å². The Morgan fingerprint density at radius 2 is 2.00 bits per heavy atom. The van der Waals surface area contributed by atoms with E-state index in [9.17, 15) is 4.79 Å². The van der Waals surface area contributed by atoms with Crippen molar-refractivity contribution in [2.75, 3.05) is 20.3 Å². The van der Waals surface area contributed by atoms with Gasteiger partial charge < -0.3 is 19.9 Å². The summed E-state index contributed by atoms with van der Waals surface area (Å²) >= 11 is 0. The van der Waals surface area contributed by atoms with E-state index in [1.54, 1.807) is 13.2 Å². The molecule has 0 heterocycles. The van der Waals surface area contributed by atoms with Gasteiger partial charge in [-0.2, -0.15) is 0 Å². The summed E-state index contributed by atoms with van der Waals surface area (Å²) in [7, 11) is 1.55. The molecule has 0 aromatic heterocycles. The fourth-order valence-electron chi connectivity index (χ4n) is 1.86. The summed E-state index contributed by atoms with van der Waals surface area (Å²) in [6, 6.07) is 5.46. The van der Waals surface area contributed by atoms with Crippen LogP contribution in [0.4, 0.5) is 0 Å². The number of methoxy groups -OCH3 is 1. The Morgan fingerprint density at radius 1 is 1.27 bits per heavy atom. The molecule has 0 aliphatic carbocycles. The minimum Gasteiger partial charge on any atom is -0.493 e. The average molecular weight is 301 g/mol. The third-order valence-corrected chi connectivity index (χ3v) is 2.92. The van der Waals surface area contributed by atoms with E-state index < -0.39 is 12.0 Å². The molecule has 1 aromatic rings. The highest BCUT2D eigenvalue weighted by molar-refractivity contribution is 5.78. The summed E-state index contributed by atoms with van der Waals surface area (Å²) in [6.45, 7) is 0.217. The lowest BCUT2D eigenvalue weighted by Gasteiger charge is -2.14. The van der Waals surface area contributed by atoms with Crippen molar-refractivity contribution in [3.8, 4) is 36.2 Å². The summed E-state index contributed by atoms with van der Waals surface area (Å²) in [6.07, 6.45) is 10.6. The fraction of sp³-hybridized carbons (Fsp3) is 0.353. The maximum Gasteiger partial charge on any atom is 0.246 e. The predicted molar refractivity (Wildman–Crippen MR) is 83.4 cm³/mol. The molecule has 0 saturated heterocycles. The zero-order chi connectivity index (χ0) is 16.4. The van der Waals surface area contributed by atoms with Crippen LogP contribution < -0.4 is 15.2 Å². The Balaban J connectivity index is 2.71. The first-order chi connectivity index (χ1) is 10.6. The van der Waals surface area contributed by atoms with Crippen molar-refractivity contribution in [1.29, 1.82) is 0 Å². The van der Waals surface area contributed by atoms with Crippen molar-refractivity contribution in [2.24, 2.45) is 5.73 Å². The van der Waals surface area contributed by atoms with Crippen molar-refractivity contribution in [3.05, 3.63) is 23.8 Å². The molecule has 1 amide bonds. The molecular weight excluding hydrogens is 282 g/mol. The molecule has 116 valence electrons. The largest absolute Gasteiger partial charge is 0.493 e. The molecule has 0 radical (unpaired) electrons. The van der Waals surface area contributed by atoms with Crippen LogP contribution in [0, 0.1) is 24.7 Å². The summed E-state index contributed by atoms with van der Waals surface area (Å²) in [5.41, 5.74) is 6.24. The van der Waals surface area contributed by atoms with Crippen LogP contribution in [-0.4, -0.2) is 32.3 Å². The van der Waals surface area contributed by atoms with Crippen LogP contribution in [-0.2, 0) is 16.0 Å². The number of amides is 1. The van der Waals surface area contributed by atoms with Crippen molar-refractivity contribution >= 4 is 5.91 Å². The molecule has 22 heavy (non-hydrogen) atoms. The Hall–Kier alpha value is -2.63. The highest BCUT2D eigenvalue weighted by Crippen LogP contribution is 2.28. The highest BCUT2D eigenvalue weighted by atomic mass is 16.5. The minimum absolute atomic E-state index is 0.0514. The molecule has 5 nitrogen and oxygen atoms in total. The highest BCUT2D eigenvalue weighted by Gasteiger charge is 2.16. The second-order valence-corrected chi connectivity index (χ2v) is 4.42. The molecule has 1 unspecified atom stereocenters. The van der Waals surface area contributed by atoms with Crippen LogP contribution in [0.2, 0.25) is 0 Å². The Labute approximate surface area is 130 Å². The monoisotopic (exact) mass is 301 g/mol. The van der Waals surface area contributed by atoms with E-state index in [2.05, 4.69) is 11.8 Å². The van der Waals surface area contributed by atoms with Gasteiger partial charge in [-0.3, -0.25) is 4.79 Å². The van der Waals surface area contributed by atoms with Crippen molar-refractivity contribution in [1.82, 2.24) is 0 Å². The van der Waals surface area contributed by atoms with Gasteiger partial charge in [-0.1, -0.05) is 17.9 Å². The fourth-order valence-corrected chi connectivity index (χ4v) is 1.86. The van der Waals surface area contributed by atoms with Gasteiger partial charge in [-0.25, -0.2) is 0 Å². The molecule has 0 aliphatic rings. The number of primary amides is 1. The lowest BCUT2D eigenvalue weighted by molar-refractivity contribution is -0.128. The van der Waals surface area contributed by atoms with Crippen LogP contribution in [0.3, 0.4) is 0 Å². The Morgan fingerprint density at radius 3 is 2.59 bits per heavy atom. The zero-order valence-corrected chi connectivity index (χ0v) is 12.5. The van der Waals surface area contributed by atoms with E-state index in [4.69, 9.17) is 32.8 Å². The number of nitrogens with two attached hydrogens (primary N) is 1. The molecule has 1 rings (SSSR count). The molecule has 5 heteroatoms. The lowest BCUT2D eigenvalue weighted by Crippen LogP contribution is -2.31. The Bertz CT molecular complexity index is 583. The number of rotatable bonds is 9. The van der Waals surface area contributed by atoms with E-state index in [0.717, 1.165) is 5.56 Å². The van der Waals surface area contributed by atoms with Crippen LogP contribution in [0.5, 0.6) is 11.5 Å². The van der Waals surface area contributed by atoms with Crippen LogP contribution in [0.25, 0.3) is 0 Å². The van der Waals surface area contributed by atoms with Gasteiger partial charge >= 0.3 is 0 Å². The van der Waals surface area contributed by atoms with Crippen LogP contribution >= 0.6 is 0 Å². The summed E-state index contributed by atoms with van der Waals surface area (Å²) in [5.74, 6) is 5.32. The molecule has 0 saturated carbocycles. The predicted octanol–water partition coefficient (Wildman–Crippen LogP) is 1.14. The number of carbonyl (C=O) groups excluding carboxylic acids is 1. The van der Waals surface area contributed by atoms with E-state index in [1.807, 2.05) is 12.1 Å². The number of carbonyl (C=O) groups is 1. The van der Waals surface area contributed by atoms with Gasteiger partial charge in [-0.05, 0) is 30.5 Å². The average Bonchev–Trinajstić information content (AvgIpc) is 2.52. The van der Waals surface area contributed by atoms with Crippen molar-refractivity contribution in [2.45, 2.75) is 18.9 Å². The van der Waals surface area contributed by atoms with E-state index >= 15 is 0 Å². The summed E-state index contributed by atoms with van der Waals surface area (Å²) in [4.78, 5) is 11.3. The molecule has 0 bridgehead atoms. The first-order valence-corrected chi connectivity index (χ1v) is 6.70. The van der Waals surface area contributed by atoms with Crippen LogP contribution in [0.15, 0.2) is 18.2 Å². The molecule has 0 fully saturated rings. The summed E-state index contributed by atoms with van der Waals surface area (Å²) < 4.78 is 15.8. The van der Waals surface area contributed by atoms with Gasteiger partial charge in [0, 0.05) is 0 Å². The third-order valence-electron chi connectivity index (χ3n) is 2.92. The molecule has 2 N–H and O–H groups in total. The number of benzene rings is 1. The smallest absolute Gasteiger partial charge is 0.246 e. The summed E-state index contributed by atoms with van der Waals surface area (Å²) in [5, 5.41) is 0. The van der Waals surface area contributed by atoms with Crippen molar-refractivity contribution in [3.63, 3.8) is 0 Å². The number of ether oxygens (including phenoxy) is 3. The van der Waals surface area contributed by atoms with Crippen LogP contribution in [0.1, 0.15) is 12.0 Å². The lowest BCUT2D eigenvalue weighted by atomic mass is 10.1. The first kappa shape index (κ1) is 17.4. The van der Waals surface area contributed by atoms with Gasteiger partial charge in [0.2, 0.25) is 5.91 Å². The zero-order valence-electron chi connectivity index (χ0n) is 12.5. The number of aryl methyl sites for hydroxylation is 1. The molecule has 0 spiro atoms. The molecule has 1 atom stereocenters. The Kier molecular flexibility index (Phi) is 7.39. The SMILES string of the molecule is C#CCOc1ccc(CCC(OCC#C)C(N)=O)cc1OC. The molecular formula is C17H19NO4. The van der Waals surface area contributed by atoms with E-state index in [1.165, 1.54) is 0 Å². The van der Waals surface area contributed by atoms with Gasteiger partial charge in [0.25, 0.3) is 0 Å². The van der Waals surface area contributed by atoms with Crippen molar-refractivity contribution < 1.29 is 19.0 Å². The molecule has 1 aromatic carbocycles.